The third-order valence-electron chi connectivity index (χ3n) is 4.70. The lowest BCUT2D eigenvalue weighted by molar-refractivity contribution is -0.118. The van der Waals surface area contributed by atoms with Crippen LogP contribution in [0.5, 0.6) is 5.75 Å². The summed E-state index contributed by atoms with van der Waals surface area (Å²) in [5, 5.41) is 5.47. The zero-order valence-electron chi connectivity index (χ0n) is 16.5. The first-order valence-electron chi connectivity index (χ1n) is 9.26. The molecule has 5 heteroatoms. The predicted octanol–water partition coefficient (Wildman–Crippen LogP) is 4.36. The Morgan fingerprint density at radius 1 is 1.04 bits per heavy atom. The highest BCUT2D eigenvalue weighted by Crippen LogP contribution is 2.27. The largest absolute Gasteiger partial charge is 0.496 e. The molecule has 1 amide bonds. The minimum atomic E-state index is 0.0277. The summed E-state index contributed by atoms with van der Waals surface area (Å²) in [4.78, 5) is 15.6. The minimum absolute atomic E-state index is 0.0277. The van der Waals surface area contributed by atoms with Gasteiger partial charge in [-0.2, -0.15) is 0 Å². The molecule has 3 rings (SSSR count). The summed E-state index contributed by atoms with van der Waals surface area (Å²) < 4.78 is 5.48. The lowest BCUT2D eigenvalue weighted by Crippen LogP contribution is -2.35. The van der Waals surface area contributed by atoms with Gasteiger partial charge in [0.1, 0.15) is 5.75 Å². The fourth-order valence-corrected chi connectivity index (χ4v) is 3.95. The highest BCUT2D eigenvalue weighted by atomic mass is 32.2. The van der Waals surface area contributed by atoms with Gasteiger partial charge in [0, 0.05) is 17.0 Å². The van der Waals surface area contributed by atoms with Gasteiger partial charge in [0.25, 0.3) is 0 Å². The zero-order chi connectivity index (χ0) is 19.9. The van der Waals surface area contributed by atoms with Crippen LogP contribution >= 0.6 is 11.8 Å². The Morgan fingerprint density at radius 3 is 2.50 bits per heavy atom. The quantitative estimate of drug-likeness (QED) is 0.577. The van der Waals surface area contributed by atoms with Crippen molar-refractivity contribution in [3.63, 3.8) is 0 Å². The summed E-state index contributed by atoms with van der Waals surface area (Å²) in [7, 11) is 5.69. The van der Waals surface area contributed by atoms with E-state index in [1.54, 1.807) is 18.9 Å². The Hall–Kier alpha value is -2.50. The normalized spacial score (nSPS) is 12.1. The fraction of sp³-hybridized carbons (Fsp3) is 0.261. The van der Waals surface area contributed by atoms with E-state index in [1.807, 2.05) is 50.5 Å². The van der Waals surface area contributed by atoms with E-state index >= 15 is 0 Å². The van der Waals surface area contributed by atoms with Crippen LogP contribution in [0.1, 0.15) is 11.6 Å². The highest BCUT2D eigenvalue weighted by molar-refractivity contribution is 8.00. The molecule has 0 bridgehead atoms. The van der Waals surface area contributed by atoms with Gasteiger partial charge in [-0.05, 0) is 43.1 Å². The Balaban J connectivity index is 1.58. The molecule has 0 aromatic heterocycles. The Bertz CT molecular complexity index is 943. The van der Waals surface area contributed by atoms with E-state index in [9.17, 15) is 4.79 Å². The summed E-state index contributed by atoms with van der Waals surface area (Å²) in [6.45, 7) is 0.532. The maximum atomic E-state index is 12.4. The lowest BCUT2D eigenvalue weighted by Gasteiger charge is -2.26. The summed E-state index contributed by atoms with van der Waals surface area (Å²) in [5.74, 6) is 1.26. The third kappa shape index (κ3) is 5.06. The Morgan fingerprint density at radius 2 is 1.75 bits per heavy atom. The van der Waals surface area contributed by atoms with Gasteiger partial charge in [-0.15, -0.1) is 11.8 Å². The standard InChI is InChI=1S/C23H26N2O2S/c1-25(2)21(20-10-6-7-11-22(20)27-3)15-24-23(26)16-28-19-13-12-17-8-4-5-9-18(17)14-19/h4-14,21H,15-16H2,1-3H3,(H,24,26)/t21-/m0/s1. The maximum absolute atomic E-state index is 12.4. The number of thioether (sulfide) groups is 1. The van der Waals surface area contributed by atoms with Crippen LogP contribution in [0.4, 0.5) is 0 Å². The monoisotopic (exact) mass is 394 g/mol. The average molecular weight is 395 g/mol. The van der Waals surface area contributed by atoms with Crippen LogP contribution < -0.4 is 10.1 Å². The molecule has 28 heavy (non-hydrogen) atoms. The maximum Gasteiger partial charge on any atom is 0.230 e. The van der Waals surface area contributed by atoms with Crippen LogP contribution in [0, 0.1) is 0 Å². The number of fused-ring (bicyclic) bond motifs is 1. The molecule has 1 atom stereocenters. The van der Waals surface area contributed by atoms with Gasteiger partial charge in [-0.25, -0.2) is 0 Å². The molecule has 0 aliphatic carbocycles. The van der Waals surface area contributed by atoms with Crippen molar-refractivity contribution in [2.24, 2.45) is 0 Å². The number of hydrogen-bond acceptors (Lipinski definition) is 4. The number of nitrogens with zero attached hydrogens (tertiary/aromatic N) is 1. The van der Waals surface area contributed by atoms with Gasteiger partial charge in [0.05, 0.1) is 18.9 Å². The van der Waals surface area contributed by atoms with E-state index in [-0.39, 0.29) is 11.9 Å². The number of likely N-dealkylation sites (N-methyl/N-ethyl adjacent to an activating group) is 1. The number of hydrogen-bond donors (Lipinski definition) is 1. The van der Waals surface area contributed by atoms with Crippen molar-refractivity contribution < 1.29 is 9.53 Å². The van der Waals surface area contributed by atoms with Crippen molar-refractivity contribution in [2.45, 2.75) is 10.9 Å². The van der Waals surface area contributed by atoms with Gasteiger partial charge in [0.2, 0.25) is 5.91 Å². The van der Waals surface area contributed by atoms with Crippen molar-refractivity contribution in [3.8, 4) is 5.75 Å². The smallest absolute Gasteiger partial charge is 0.230 e. The molecule has 4 nitrogen and oxygen atoms in total. The molecule has 3 aromatic rings. The van der Waals surface area contributed by atoms with Crippen molar-refractivity contribution in [3.05, 3.63) is 72.3 Å². The molecule has 0 saturated carbocycles. The first-order valence-corrected chi connectivity index (χ1v) is 10.2. The van der Waals surface area contributed by atoms with E-state index in [1.165, 1.54) is 10.8 Å². The van der Waals surface area contributed by atoms with Crippen molar-refractivity contribution in [2.75, 3.05) is 33.5 Å². The summed E-state index contributed by atoms with van der Waals surface area (Å²) in [6, 6.07) is 22.5. The Labute approximate surface area is 170 Å². The lowest BCUT2D eigenvalue weighted by atomic mass is 10.0. The second-order valence-corrected chi connectivity index (χ2v) is 7.87. The van der Waals surface area contributed by atoms with E-state index in [0.717, 1.165) is 16.2 Å². The molecule has 0 saturated heterocycles. The second kappa shape index (κ2) is 9.62. The number of para-hydroxylation sites is 1. The van der Waals surface area contributed by atoms with Crippen LogP contribution in [0.2, 0.25) is 0 Å². The van der Waals surface area contributed by atoms with Crippen LogP contribution in [-0.4, -0.2) is 44.3 Å². The van der Waals surface area contributed by atoms with Gasteiger partial charge < -0.3 is 15.0 Å². The number of amides is 1. The molecule has 3 aromatic carbocycles. The highest BCUT2D eigenvalue weighted by Gasteiger charge is 2.19. The van der Waals surface area contributed by atoms with Crippen molar-refractivity contribution in [1.82, 2.24) is 10.2 Å². The van der Waals surface area contributed by atoms with E-state index in [2.05, 4.69) is 40.5 Å². The van der Waals surface area contributed by atoms with Crippen molar-refractivity contribution in [1.29, 1.82) is 0 Å². The number of methoxy groups -OCH3 is 1. The number of benzene rings is 3. The van der Waals surface area contributed by atoms with Crippen LogP contribution in [0.3, 0.4) is 0 Å². The second-order valence-electron chi connectivity index (χ2n) is 6.82. The number of rotatable bonds is 8. The Kier molecular flexibility index (Phi) is 6.95. The molecule has 0 spiro atoms. The fourth-order valence-electron chi connectivity index (χ4n) is 3.18. The molecule has 146 valence electrons. The van der Waals surface area contributed by atoms with E-state index in [0.29, 0.717) is 12.3 Å². The average Bonchev–Trinajstić information content (AvgIpc) is 2.72. The SMILES string of the molecule is COc1ccccc1[C@H](CNC(=O)CSc1ccc2ccccc2c1)N(C)C. The first-order chi connectivity index (χ1) is 13.6. The summed E-state index contributed by atoms with van der Waals surface area (Å²) >= 11 is 1.56. The molecule has 1 N–H and O–H groups in total. The van der Waals surface area contributed by atoms with Crippen molar-refractivity contribution >= 4 is 28.4 Å². The molecule has 0 aliphatic rings. The van der Waals surface area contributed by atoms with Gasteiger partial charge in [-0.1, -0.05) is 48.5 Å². The molecule has 0 radical (unpaired) electrons. The molecular formula is C23H26N2O2S. The van der Waals surface area contributed by atoms with E-state index < -0.39 is 0 Å². The number of ether oxygens (including phenoxy) is 1. The molecular weight excluding hydrogens is 368 g/mol. The first kappa shape index (κ1) is 20.2. The molecule has 0 heterocycles. The van der Waals surface area contributed by atoms with Gasteiger partial charge in [0.15, 0.2) is 0 Å². The van der Waals surface area contributed by atoms with Gasteiger partial charge >= 0.3 is 0 Å². The predicted molar refractivity (Wildman–Crippen MR) is 117 cm³/mol. The number of carbonyl (C=O) groups excluding carboxylic acids is 1. The third-order valence-corrected chi connectivity index (χ3v) is 5.70. The van der Waals surface area contributed by atoms with Gasteiger partial charge in [-0.3, -0.25) is 4.79 Å². The minimum Gasteiger partial charge on any atom is -0.496 e. The van der Waals surface area contributed by atoms with Crippen LogP contribution in [-0.2, 0) is 4.79 Å². The topological polar surface area (TPSA) is 41.6 Å². The summed E-state index contributed by atoms with van der Waals surface area (Å²) in [6.07, 6.45) is 0. The summed E-state index contributed by atoms with van der Waals surface area (Å²) in [5.41, 5.74) is 1.07. The van der Waals surface area contributed by atoms with Crippen LogP contribution in [0.15, 0.2) is 71.6 Å². The zero-order valence-corrected chi connectivity index (χ0v) is 17.3. The van der Waals surface area contributed by atoms with Crippen LogP contribution in [0.25, 0.3) is 10.8 Å². The molecule has 0 unspecified atom stereocenters. The number of carbonyl (C=O) groups is 1. The number of nitrogens with one attached hydrogen (secondary N) is 1. The molecule has 0 aliphatic heterocycles. The van der Waals surface area contributed by atoms with E-state index in [4.69, 9.17) is 4.74 Å². The molecule has 0 fully saturated rings.